The predicted molar refractivity (Wildman–Crippen MR) is 64.3 cm³/mol. The first-order chi connectivity index (χ1) is 7.75. The molecule has 0 radical (unpaired) electrons. The van der Waals surface area contributed by atoms with Gasteiger partial charge in [-0.15, -0.1) is 0 Å². The number of phenols is 1. The van der Waals surface area contributed by atoms with Gasteiger partial charge in [-0.1, -0.05) is 18.2 Å². The van der Waals surface area contributed by atoms with E-state index in [1.165, 1.54) is 0 Å². The zero-order valence-corrected chi connectivity index (χ0v) is 8.96. The highest BCUT2D eigenvalue weighted by molar-refractivity contribution is 5.84. The van der Waals surface area contributed by atoms with Crippen LogP contribution >= 0.6 is 0 Å². The molecule has 0 aliphatic carbocycles. The molecule has 3 nitrogen and oxygen atoms in total. The van der Waals surface area contributed by atoms with E-state index in [9.17, 15) is 5.11 Å². The molecule has 80 valence electrons. The molecule has 0 saturated carbocycles. The number of nitrogens with zero attached hydrogens (tertiary/aromatic N) is 2. The summed E-state index contributed by atoms with van der Waals surface area (Å²) < 4.78 is 0. The molecule has 1 N–H and O–H groups in total. The number of rotatable bonds is 2. The molecule has 0 atom stereocenters. The Morgan fingerprint density at radius 3 is 2.69 bits per heavy atom. The van der Waals surface area contributed by atoms with Gasteiger partial charge >= 0.3 is 0 Å². The molecule has 3 heteroatoms. The first-order valence-electron chi connectivity index (χ1n) is 5.00. The van der Waals surface area contributed by atoms with Crippen LogP contribution in [0.5, 0.6) is 5.75 Å². The van der Waals surface area contributed by atoms with Crippen molar-refractivity contribution >= 4 is 12.0 Å². The summed E-state index contributed by atoms with van der Waals surface area (Å²) in [4.78, 5) is 8.33. The maximum atomic E-state index is 9.52. The number of aromatic hydroxyl groups is 1. The summed E-state index contributed by atoms with van der Waals surface area (Å²) in [5, 5.41) is 9.52. The van der Waals surface area contributed by atoms with Crippen molar-refractivity contribution in [3.63, 3.8) is 0 Å². The fourth-order valence-electron chi connectivity index (χ4n) is 1.27. The van der Waals surface area contributed by atoms with Crippen molar-refractivity contribution in [3.8, 4) is 5.75 Å². The fraction of sp³-hybridized carbons (Fsp3) is 0.0769. The molecule has 0 aliphatic rings. The van der Waals surface area contributed by atoms with E-state index >= 15 is 0 Å². The summed E-state index contributed by atoms with van der Waals surface area (Å²) in [6.07, 6.45) is 3.37. The molecule has 1 heterocycles. The largest absolute Gasteiger partial charge is 0.507 e. The number of phenolic OH excluding ortho intramolecular Hbond substituents is 1. The molecule has 2 rings (SSSR count). The minimum atomic E-state index is 0.221. The van der Waals surface area contributed by atoms with Crippen LogP contribution in [0, 0.1) is 6.92 Å². The maximum absolute atomic E-state index is 9.52. The first-order valence-corrected chi connectivity index (χ1v) is 5.00. The molecule has 0 saturated heterocycles. The molecule has 0 bridgehead atoms. The van der Waals surface area contributed by atoms with Gasteiger partial charge in [0.25, 0.3) is 0 Å². The fourth-order valence-corrected chi connectivity index (χ4v) is 1.27. The number of aromatic nitrogens is 1. The lowest BCUT2D eigenvalue weighted by atomic mass is 10.2. The number of hydrogen-bond acceptors (Lipinski definition) is 3. The van der Waals surface area contributed by atoms with Crippen LogP contribution in [0.25, 0.3) is 0 Å². The van der Waals surface area contributed by atoms with Crippen LogP contribution < -0.4 is 0 Å². The van der Waals surface area contributed by atoms with Crippen molar-refractivity contribution in [3.05, 3.63) is 53.7 Å². The smallest absolute Gasteiger partial charge is 0.151 e. The molecule has 0 unspecified atom stereocenters. The Bertz CT molecular complexity index is 504. The van der Waals surface area contributed by atoms with Gasteiger partial charge in [0.2, 0.25) is 0 Å². The van der Waals surface area contributed by atoms with Gasteiger partial charge in [-0.05, 0) is 30.7 Å². The highest BCUT2D eigenvalue weighted by atomic mass is 16.3. The summed E-state index contributed by atoms with van der Waals surface area (Å²) >= 11 is 0. The van der Waals surface area contributed by atoms with Crippen molar-refractivity contribution < 1.29 is 5.11 Å². The summed E-state index contributed by atoms with van der Waals surface area (Å²) in [6.45, 7) is 1.98. The normalized spacial score (nSPS) is 10.8. The van der Waals surface area contributed by atoms with Crippen molar-refractivity contribution in [1.29, 1.82) is 0 Å². The molecule has 16 heavy (non-hydrogen) atoms. The van der Waals surface area contributed by atoms with Crippen LogP contribution in [0.2, 0.25) is 0 Å². The monoisotopic (exact) mass is 212 g/mol. The summed E-state index contributed by atoms with van der Waals surface area (Å²) in [5.41, 5.74) is 1.78. The van der Waals surface area contributed by atoms with E-state index in [-0.39, 0.29) is 5.75 Å². The summed E-state index contributed by atoms with van der Waals surface area (Å²) in [5.74, 6) is 0.854. The first kappa shape index (κ1) is 10.4. The molecule has 2 aromatic rings. The van der Waals surface area contributed by atoms with Gasteiger partial charge in [-0.25, -0.2) is 9.98 Å². The Labute approximate surface area is 94.1 Å². The lowest BCUT2D eigenvalue weighted by Crippen LogP contribution is -1.82. The summed E-state index contributed by atoms with van der Waals surface area (Å²) in [7, 11) is 0. The topological polar surface area (TPSA) is 45.5 Å². The number of pyridine rings is 1. The lowest BCUT2D eigenvalue weighted by Gasteiger charge is -1.97. The minimum Gasteiger partial charge on any atom is -0.507 e. The van der Waals surface area contributed by atoms with Crippen molar-refractivity contribution in [2.75, 3.05) is 0 Å². The Balaban J connectivity index is 2.21. The average molecular weight is 212 g/mol. The number of benzene rings is 1. The predicted octanol–water partition coefficient (Wildman–Crippen LogP) is 2.85. The SMILES string of the molecule is Cc1ccc(N=Cc2ccccc2O)nc1. The van der Waals surface area contributed by atoms with Gasteiger partial charge in [0.15, 0.2) is 5.82 Å². The van der Waals surface area contributed by atoms with E-state index in [4.69, 9.17) is 0 Å². The molecular weight excluding hydrogens is 200 g/mol. The van der Waals surface area contributed by atoms with Crippen LogP contribution in [-0.4, -0.2) is 16.3 Å². The zero-order chi connectivity index (χ0) is 11.4. The van der Waals surface area contributed by atoms with Gasteiger partial charge in [0.1, 0.15) is 5.75 Å². The van der Waals surface area contributed by atoms with Crippen molar-refractivity contribution in [2.24, 2.45) is 4.99 Å². The molecule has 0 aliphatic heterocycles. The van der Waals surface area contributed by atoms with E-state index in [1.54, 1.807) is 30.6 Å². The third kappa shape index (κ3) is 2.45. The van der Waals surface area contributed by atoms with Gasteiger partial charge in [0, 0.05) is 18.0 Å². The van der Waals surface area contributed by atoms with Crippen LogP contribution in [0.1, 0.15) is 11.1 Å². The molecule has 0 fully saturated rings. The quantitative estimate of drug-likeness (QED) is 0.778. The third-order valence-electron chi connectivity index (χ3n) is 2.17. The molecule has 1 aromatic carbocycles. The van der Waals surface area contributed by atoms with E-state index in [0.29, 0.717) is 11.4 Å². The van der Waals surface area contributed by atoms with Gasteiger partial charge < -0.3 is 5.11 Å². The molecule has 1 aromatic heterocycles. The average Bonchev–Trinajstić information content (AvgIpc) is 2.30. The Morgan fingerprint density at radius 2 is 2.00 bits per heavy atom. The zero-order valence-electron chi connectivity index (χ0n) is 8.96. The third-order valence-corrected chi connectivity index (χ3v) is 2.17. The van der Waals surface area contributed by atoms with E-state index in [2.05, 4.69) is 9.98 Å². The summed E-state index contributed by atoms with van der Waals surface area (Å²) in [6, 6.07) is 10.8. The number of para-hydroxylation sites is 1. The highest BCUT2D eigenvalue weighted by Gasteiger charge is 1.95. The second-order valence-electron chi connectivity index (χ2n) is 3.51. The minimum absolute atomic E-state index is 0.221. The molecular formula is C13H12N2O. The van der Waals surface area contributed by atoms with E-state index in [0.717, 1.165) is 5.56 Å². The number of hydrogen-bond donors (Lipinski definition) is 1. The Hall–Kier alpha value is -2.16. The highest BCUT2D eigenvalue weighted by Crippen LogP contribution is 2.14. The second-order valence-corrected chi connectivity index (χ2v) is 3.51. The Kier molecular flexibility index (Phi) is 2.96. The molecule has 0 amide bonds. The van der Waals surface area contributed by atoms with E-state index in [1.807, 2.05) is 25.1 Å². The van der Waals surface area contributed by atoms with Crippen LogP contribution in [0.15, 0.2) is 47.6 Å². The van der Waals surface area contributed by atoms with Crippen LogP contribution in [0.3, 0.4) is 0 Å². The maximum Gasteiger partial charge on any atom is 0.151 e. The number of aliphatic imine (C=N–C) groups is 1. The van der Waals surface area contributed by atoms with Gasteiger partial charge in [-0.3, -0.25) is 0 Å². The lowest BCUT2D eigenvalue weighted by molar-refractivity contribution is 0.474. The van der Waals surface area contributed by atoms with Crippen molar-refractivity contribution in [1.82, 2.24) is 4.98 Å². The number of aryl methyl sites for hydroxylation is 1. The standard InChI is InChI=1S/C13H12N2O/c1-10-6-7-13(14-8-10)15-9-11-4-2-3-5-12(11)16/h2-9,16H,1H3. The van der Waals surface area contributed by atoms with Crippen LogP contribution in [0.4, 0.5) is 5.82 Å². The molecule has 0 spiro atoms. The van der Waals surface area contributed by atoms with Gasteiger partial charge in [-0.2, -0.15) is 0 Å². The van der Waals surface area contributed by atoms with E-state index < -0.39 is 0 Å². The second kappa shape index (κ2) is 4.57. The Morgan fingerprint density at radius 1 is 1.19 bits per heavy atom. The van der Waals surface area contributed by atoms with Gasteiger partial charge in [0.05, 0.1) is 0 Å². The van der Waals surface area contributed by atoms with Crippen LogP contribution in [-0.2, 0) is 0 Å². The van der Waals surface area contributed by atoms with Crippen molar-refractivity contribution in [2.45, 2.75) is 6.92 Å².